The number of hydrogen-bond donors (Lipinski definition) is 2. The number of pyridine rings is 2. The van der Waals surface area contributed by atoms with Gasteiger partial charge >= 0.3 is 6.09 Å². The SMILES string of the molecule is CC(C)(C)OC(=O)NCCOc1cc(C(=O)Nc2ccc3cccnc3n2)ccc1-c1ccc(C#N)cc1. The van der Waals surface area contributed by atoms with Crippen LogP contribution < -0.4 is 15.4 Å². The lowest BCUT2D eigenvalue weighted by Gasteiger charge is -2.20. The van der Waals surface area contributed by atoms with Gasteiger partial charge in [0, 0.05) is 22.7 Å². The minimum Gasteiger partial charge on any atom is -0.491 e. The van der Waals surface area contributed by atoms with Crippen LogP contribution in [-0.2, 0) is 4.74 Å². The number of nitriles is 1. The maximum absolute atomic E-state index is 13.0. The van der Waals surface area contributed by atoms with Crippen molar-refractivity contribution in [3.63, 3.8) is 0 Å². The second-order valence-electron chi connectivity index (χ2n) is 9.38. The summed E-state index contributed by atoms with van der Waals surface area (Å²) in [4.78, 5) is 33.6. The Morgan fingerprint density at radius 1 is 1.03 bits per heavy atom. The van der Waals surface area contributed by atoms with E-state index in [1.807, 2.05) is 30.3 Å². The molecule has 2 heterocycles. The van der Waals surface area contributed by atoms with Crippen LogP contribution in [0.5, 0.6) is 5.75 Å². The van der Waals surface area contributed by atoms with Crippen LogP contribution in [-0.4, -0.2) is 40.7 Å². The van der Waals surface area contributed by atoms with Crippen molar-refractivity contribution >= 4 is 28.9 Å². The highest BCUT2D eigenvalue weighted by atomic mass is 16.6. The molecule has 0 spiro atoms. The van der Waals surface area contributed by atoms with Gasteiger partial charge in [0.05, 0.1) is 18.2 Å². The van der Waals surface area contributed by atoms with E-state index < -0.39 is 11.7 Å². The Kier molecular flexibility index (Phi) is 7.83. The number of benzene rings is 2. The van der Waals surface area contributed by atoms with Crippen molar-refractivity contribution in [1.29, 1.82) is 5.26 Å². The summed E-state index contributed by atoms with van der Waals surface area (Å²) < 4.78 is 11.2. The maximum atomic E-state index is 13.0. The van der Waals surface area contributed by atoms with E-state index in [0.717, 1.165) is 16.5 Å². The highest BCUT2D eigenvalue weighted by Crippen LogP contribution is 2.31. The van der Waals surface area contributed by atoms with Gasteiger partial charge in [0.2, 0.25) is 0 Å². The highest BCUT2D eigenvalue weighted by Gasteiger charge is 2.16. The molecule has 4 rings (SSSR count). The Morgan fingerprint density at radius 3 is 2.55 bits per heavy atom. The lowest BCUT2D eigenvalue weighted by molar-refractivity contribution is 0.0520. The largest absolute Gasteiger partial charge is 0.491 e. The molecule has 0 unspecified atom stereocenters. The molecule has 0 aliphatic heterocycles. The number of anilines is 1. The number of nitrogens with one attached hydrogen (secondary N) is 2. The zero-order valence-corrected chi connectivity index (χ0v) is 21.3. The van der Waals surface area contributed by atoms with Gasteiger partial charge < -0.3 is 20.1 Å². The number of alkyl carbamates (subject to hydrolysis) is 1. The van der Waals surface area contributed by atoms with E-state index in [0.29, 0.717) is 28.3 Å². The van der Waals surface area contributed by atoms with Crippen LogP contribution in [0.1, 0.15) is 36.7 Å². The number of carbonyl (C=O) groups excluding carboxylic acids is 2. The Hall–Kier alpha value is -4.97. The molecule has 9 heteroatoms. The maximum Gasteiger partial charge on any atom is 0.407 e. The fourth-order valence-corrected chi connectivity index (χ4v) is 3.59. The van der Waals surface area contributed by atoms with E-state index in [1.165, 1.54) is 0 Å². The van der Waals surface area contributed by atoms with Crippen molar-refractivity contribution in [3.05, 3.63) is 84.1 Å². The molecule has 0 bridgehead atoms. The first-order valence-electron chi connectivity index (χ1n) is 12.0. The molecule has 2 amide bonds. The fraction of sp³-hybridized carbons (Fsp3) is 0.207. The molecule has 9 nitrogen and oxygen atoms in total. The predicted octanol–water partition coefficient (Wildman–Crippen LogP) is 5.32. The molecule has 0 saturated carbocycles. The topological polar surface area (TPSA) is 126 Å². The second kappa shape index (κ2) is 11.4. The van der Waals surface area contributed by atoms with Gasteiger partial charge in [-0.1, -0.05) is 12.1 Å². The van der Waals surface area contributed by atoms with Crippen LogP contribution >= 0.6 is 0 Å². The average Bonchev–Trinajstić information content (AvgIpc) is 2.90. The molecule has 0 aliphatic carbocycles. The Morgan fingerprint density at radius 2 is 1.82 bits per heavy atom. The van der Waals surface area contributed by atoms with Crippen LogP contribution in [0.2, 0.25) is 0 Å². The van der Waals surface area contributed by atoms with E-state index in [-0.39, 0.29) is 19.1 Å². The number of carbonyl (C=O) groups is 2. The Labute approximate surface area is 220 Å². The fourth-order valence-electron chi connectivity index (χ4n) is 3.59. The van der Waals surface area contributed by atoms with Gasteiger partial charge in [-0.3, -0.25) is 4.79 Å². The van der Waals surface area contributed by atoms with E-state index in [2.05, 4.69) is 26.7 Å². The summed E-state index contributed by atoms with van der Waals surface area (Å²) in [6, 6.07) is 21.5. The summed E-state index contributed by atoms with van der Waals surface area (Å²) in [5.74, 6) is 0.457. The standard InChI is InChI=1S/C29H27N5O4/c1-29(2,3)38-28(36)32-15-16-37-24-17-22(10-12-23(24)20-8-6-19(18-30)7-9-20)27(35)34-25-13-11-21-5-4-14-31-26(21)33-25/h4-14,17H,15-16H2,1-3H3,(H,32,36)(H,31,33,34,35). The smallest absolute Gasteiger partial charge is 0.407 e. The van der Waals surface area contributed by atoms with Crippen molar-refractivity contribution in [2.24, 2.45) is 0 Å². The molecule has 0 fully saturated rings. The summed E-state index contributed by atoms with van der Waals surface area (Å²) in [7, 11) is 0. The predicted molar refractivity (Wildman–Crippen MR) is 144 cm³/mol. The third-order valence-corrected chi connectivity index (χ3v) is 5.30. The Bertz CT molecular complexity index is 1500. The molecule has 0 saturated heterocycles. The molecule has 0 atom stereocenters. The third-order valence-electron chi connectivity index (χ3n) is 5.30. The van der Waals surface area contributed by atoms with E-state index in [1.54, 1.807) is 63.4 Å². The number of ether oxygens (including phenoxy) is 2. The van der Waals surface area contributed by atoms with Crippen molar-refractivity contribution in [2.45, 2.75) is 26.4 Å². The van der Waals surface area contributed by atoms with Crippen LogP contribution in [0.3, 0.4) is 0 Å². The monoisotopic (exact) mass is 509 g/mol. The normalized spacial score (nSPS) is 10.9. The number of amides is 2. The van der Waals surface area contributed by atoms with Gasteiger partial charge in [-0.15, -0.1) is 0 Å². The van der Waals surface area contributed by atoms with Crippen molar-refractivity contribution < 1.29 is 19.1 Å². The zero-order valence-electron chi connectivity index (χ0n) is 21.3. The third kappa shape index (κ3) is 6.83. The summed E-state index contributed by atoms with van der Waals surface area (Å²) >= 11 is 0. The zero-order chi connectivity index (χ0) is 27.1. The van der Waals surface area contributed by atoms with Crippen molar-refractivity contribution in [1.82, 2.24) is 15.3 Å². The molecule has 0 aliphatic rings. The molecular formula is C29H27N5O4. The van der Waals surface area contributed by atoms with Gasteiger partial charge in [0.25, 0.3) is 5.91 Å². The van der Waals surface area contributed by atoms with Gasteiger partial charge in [0.15, 0.2) is 5.65 Å². The summed E-state index contributed by atoms with van der Waals surface area (Å²) in [6.45, 7) is 5.70. The van der Waals surface area contributed by atoms with Gasteiger partial charge in [-0.25, -0.2) is 14.8 Å². The Balaban J connectivity index is 1.53. The number of fused-ring (bicyclic) bond motifs is 1. The lowest BCUT2D eigenvalue weighted by atomic mass is 10.0. The van der Waals surface area contributed by atoms with Crippen LogP contribution in [0.25, 0.3) is 22.2 Å². The number of aromatic nitrogens is 2. The minimum atomic E-state index is -0.606. The summed E-state index contributed by atoms with van der Waals surface area (Å²) in [5, 5.41) is 15.4. The molecule has 2 N–H and O–H groups in total. The van der Waals surface area contributed by atoms with E-state index in [9.17, 15) is 9.59 Å². The molecule has 192 valence electrons. The molecular weight excluding hydrogens is 482 g/mol. The number of nitrogens with zero attached hydrogens (tertiary/aromatic N) is 3. The summed E-state index contributed by atoms with van der Waals surface area (Å²) in [6.07, 6.45) is 1.10. The van der Waals surface area contributed by atoms with Crippen LogP contribution in [0, 0.1) is 11.3 Å². The van der Waals surface area contributed by atoms with Gasteiger partial charge in [-0.05, 0) is 80.9 Å². The van der Waals surface area contributed by atoms with Crippen molar-refractivity contribution in [3.8, 4) is 22.9 Å². The van der Waals surface area contributed by atoms with Crippen molar-refractivity contribution in [2.75, 3.05) is 18.5 Å². The van der Waals surface area contributed by atoms with Gasteiger partial charge in [-0.2, -0.15) is 5.26 Å². The van der Waals surface area contributed by atoms with Gasteiger partial charge in [0.1, 0.15) is 23.8 Å². The summed E-state index contributed by atoms with van der Waals surface area (Å²) in [5.41, 5.74) is 2.37. The minimum absolute atomic E-state index is 0.144. The second-order valence-corrected chi connectivity index (χ2v) is 9.38. The van der Waals surface area contributed by atoms with Crippen LogP contribution in [0.15, 0.2) is 72.9 Å². The molecule has 4 aromatic rings. The average molecular weight is 510 g/mol. The molecule has 38 heavy (non-hydrogen) atoms. The molecule has 0 radical (unpaired) electrons. The first-order valence-corrected chi connectivity index (χ1v) is 12.0. The van der Waals surface area contributed by atoms with Crippen LogP contribution in [0.4, 0.5) is 10.6 Å². The van der Waals surface area contributed by atoms with E-state index in [4.69, 9.17) is 14.7 Å². The highest BCUT2D eigenvalue weighted by molar-refractivity contribution is 6.04. The first kappa shape index (κ1) is 26.1. The lowest BCUT2D eigenvalue weighted by Crippen LogP contribution is -2.34. The molecule has 2 aromatic heterocycles. The molecule has 2 aromatic carbocycles. The first-order chi connectivity index (χ1) is 18.2. The number of hydrogen-bond acceptors (Lipinski definition) is 7. The quantitative estimate of drug-likeness (QED) is 0.323. The van der Waals surface area contributed by atoms with E-state index >= 15 is 0 Å². The number of rotatable bonds is 7.